The van der Waals surface area contributed by atoms with E-state index in [0.29, 0.717) is 0 Å². The Balaban J connectivity index is 2.12. The highest BCUT2D eigenvalue weighted by Crippen LogP contribution is 2.36. The van der Waals surface area contributed by atoms with Gasteiger partial charge in [0.1, 0.15) is 0 Å². The highest BCUT2D eigenvalue weighted by atomic mass is 15.0. The van der Waals surface area contributed by atoms with Crippen LogP contribution in [0.2, 0.25) is 0 Å². The molecule has 0 unspecified atom stereocenters. The van der Waals surface area contributed by atoms with Crippen molar-refractivity contribution >= 4 is 11.0 Å². The summed E-state index contributed by atoms with van der Waals surface area (Å²) in [6.45, 7) is 0. The number of para-hydroxylation sites is 1. The van der Waals surface area contributed by atoms with Crippen molar-refractivity contribution in [2.45, 2.75) is 24.8 Å². The van der Waals surface area contributed by atoms with E-state index in [1.165, 1.54) is 11.1 Å². The Labute approximate surface area is 88.9 Å². The lowest BCUT2D eigenvalue weighted by molar-refractivity contribution is 0.673. The number of nitrogens with zero attached hydrogens (tertiary/aromatic N) is 2. The molecule has 0 aliphatic heterocycles. The molecule has 15 heavy (non-hydrogen) atoms. The first kappa shape index (κ1) is 8.92. The Morgan fingerprint density at radius 1 is 1.47 bits per heavy atom. The summed E-state index contributed by atoms with van der Waals surface area (Å²) in [7, 11) is 2.04. The molecule has 1 aromatic heterocycles. The number of aryl methyl sites for hydroxylation is 1. The number of hydrogen-bond donors (Lipinski definition) is 1. The maximum Gasteiger partial charge on any atom is 0.0955 e. The fraction of sp³-hybridized carbons (Fsp3) is 0.417. The second kappa shape index (κ2) is 2.83. The lowest BCUT2D eigenvalue weighted by Crippen LogP contribution is -2.24. The SMILES string of the molecule is Cn1cnc2cccc(CC3(N)CC3)c21. The molecule has 1 aliphatic carbocycles. The van der Waals surface area contributed by atoms with Crippen LogP contribution in [0.25, 0.3) is 11.0 Å². The van der Waals surface area contributed by atoms with Crippen LogP contribution >= 0.6 is 0 Å². The number of nitrogens with two attached hydrogens (primary N) is 1. The molecule has 0 radical (unpaired) electrons. The number of imidazole rings is 1. The third-order valence-corrected chi connectivity index (χ3v) is 3.26. The van der Waals surface area contributed by atoms with Crippen molar-refractivity contribution in [1.29, 1.82) is 0 Å². The van der Waals surface area contributed by atoms with E-state index in [1.54, 1.807) is 0 Å². The molecule has 78 valence electrons. The molecular formula is C12H15N3. The minimum atomic E-state index is 0.0680. The highest BCUT2D eigenvalue weighted by molar-refractivity contribution is 5.79. The predicted molar refractivity (Wildman–Crippen MR) is 60.6 cm³/mol. The number of hydrogen-bond acceptors (Lipinski definition) is 2. The first-order valence-electron chi connectivity index (χ1n) is 5.36. The Kier molecular flexibility index (Phi) is 1.68. The minimum Gasteiger partial charge on any atom is -0.334 e. The molecule has 3 heteroatoms. The predicted octanol–water partition coefficient (Wildman–Crippen LogP) is 1.61. The summed E-state index contributed by atoms with van der Waals surface area (Å²) in [6, 6.07) is 6.28. The summed E-state index contributed by atoms with van der Waals surface area (Å²) in [5.74, 6) is 0. The molecule has 0 spiro atoms. The standard InChI is InChI=1S/C12H15N3/c1-15-8-14-10-4-2-3-9(11(10)15)7-12(13)5-6-12/h2-4,8H,5-7,13H2,1H3. The number of rotatable bonds is 2. The van der Waals surface area contributed by atoms with Crippen molar-refractivity contribution < 1.29 is 0 Å². The zero-order valence-corrected chi connectivity index (χ0v) is 8.90. The second-order valence-electron chi connectivity index (χ2n) is 4.68. The normalized spacial score (nSPS) is 18.3. The molecule has 1 heterocycles. The van der Waals surface area contributed by atoms with Gasteiger partial charge in [-0.15, -0.1) is 0 Å². The summed E-state index contributed by atoms with van der Waals surface area (Å²) in [6.07, 6.45) is 5.15. The van der Waals surface area contributed by atoms with Crippen LogP contribution in [0.4, 0.5) is 0 Å². The average molecular weight is 201 g/mol. The fourth-order valence-electron chi connectivity index (χ4n) is 2.15. The van der Waals surface area contributed by atoms with Gasteiger partial charge in [-0.25, -0.2) is 4.98 Å². The molecule has 3 rings (SSSR count). The van der Waals surface area contributed by atoms with Gasteiger partial charge in [-0.3, -0.25) is 0 Å². The lowest BCUT2D eigenvalue weighted by Gasteiger charge is -2.10. The van der Waals surface area contributed by atoms with Gasteiger partial charge in [0.05, 0.1) is 17.4 Å². The van der Waals surface area contributed by atoms with E-state index < -0.39 is 0 Å². The van der Waals surface area contributed by atoms with Gasteiger partial charge in [-0.1, -0.05) is 12.1 Å². The molecular weight excluding hydrogens is 186 g/mol. The quantitative estimate of drug-likeness (QED) is 0.802. The molecule has 0 amide bonds. The van der Waals surface area contributed by atoms with E-state index in [9.17, 15) is 0 Å². The first-order chi connectivity index (χ1) is 7.18. The molecule has 0 saturated heterocycles. The van der Waals surface area contributed by atoms with Crippen molar-refractivity contribution in [1.82, 2.24) is 9.55 Å². The molecule has 1 saturated carbocycles. The summed E-state index contributed by atoms with van der Waals surface area (Å²) < 4.78 is 2.08. The van der Waals surface area contributed by atoms with Crippen molar-refractivity contribution in [3.63, 3.8) is 0 Å². The van der Waals surface area contributed by atoms with Gasteiger partial charge in [0.15, 0.2) is 0 Å². The Morgan fingerprint density at radius 2 is 2.27 bits per heavy atom. The molecule has 3 nitrogen and oxygen atoms in total. The molecule has 1 aromatic carbocycles. The van der Waals surface area contributed by atoms with E-state index in [1.807, 2.05) is 13.4 Å². The maximum absolute atomic E-state index is 6.16. The zero-order chi connectivity index (χ0) is 10.5. The minimum absolute atomic E-state index is 0.0680. The first-order valence-corrected chi connectivity index (χ1v) is 5.36. The monoisotopic (exact) mass is 201 g/mol. The molecule has 1 fully saturated rings. The number of benzene rings is 1. The molecule has 0 bridgehead atoms. The number of aromatic nitrogens is 2. The fourth-order valence-corrected chi connectivity index (χ4v) is 2.15. The van der Waals surface area contributed by atoms with Crippen LogP contribution in [0, 0.1) is 0 Å². The summed E-state index contributed by atoms with van der Waals surface area (Å²) >= 11 is 0. The van der Waals surface area contributed by atoms with Crippen LogP contribution in [0.5, 0.6) is 0 Å². The van der Waals surface area contributed by atoms with Crippen LogP contribution < -0.4 is 5.73 Å². The third-order valence-electron chi connectivity index (χ3n) is 3.26. The molecule has 2 N–H and O–H groups in total. The van der Waals surface area contributed by atoms with Crippen LogP contribution in [0.3, 0.4) is 0 Å². The van der Waals surface area contributed by atoms with Gasteiger partial charge >= 0.3 is 0 Å². The van der Waals surface area contributed by atoms with Crippen LogP contribution in [0.15, 0.2) is 24.5 Å². The summed E-state index contributed by atoms with van der Waals surface area (Å²) in [4.78, 5) is 4.35. The van der Waals surface area contributed by atoms with Crippen LogP contribution in [0.1, 0.15) is 18.4 Å². The summed E-state index contributed by atoms with van der Waals surface area (Å²) in [5, 5.41) is 0. The largest absolute Gasteiger partial charge is 0.334 e. The van der Waals surface area contributed by atoms with Gasteiger partial charge in [0, 0.05) is 12.6 Å². The second-order valence-corrected chi connectivity index (χ2v) is 4.68. The molecule has 2 aromatic rings. The Hall–Kier alpha value is -1.35. The van der Waals surface area contributed by atoms with Gasteiger partial charge < -0.3 is 10.3 Å². The van der Waals surface area contributed by atoms with E-state index in [4.69, 9.17) is 5.73 Å². The summed E-state index contributed by atoms with van der Waals surface area (Å²) in [5.41, 5.74) is 9.85. The van der Waals surface area contributed by atoms with Crippen LogP contribution in [-0.4, -0.2) is 15.1 Å². The smallest absolute Gasteiger partial charge is 0.0955 e. The van der Waals surface area contributed by atoms with E-state index >= 15 is 0 Å². The Morgan fingerprint density at radius 3 is 3.00 bits per heavy atom. The molecule has 1 aliphatic rings. The van der Waals surface area contributed by atoms with Crippen molar-refractivity contribution in [3.05, 3.63) is 30.1 Å². The van der Waals surface area contributed by atoms with E-state index in [0.717, 1.165) is 24.8 Å². The van der Waals surface area contributed by atoms with Crippen molar-refractivity contribution in [2.24, 2.45) is 12.8 Å². The lowest BCUT2D eigenvalue weighted by atomic mass is 10.0. The van der Waals surface area contributed by atoms with E-state index in [-0.39, 0.29) is 5.54 Å². The zero-order valence-electron chi connectivity index (χ0n) is 8.90. The van der Waals surface area contributed by atoms with Crippen molar-refractivity contribution in [2.75, 3.05) is 0 Å². The van der Waals surface area contributed by atoms with Gasteiger partial charge in [0.25, 0.3) is 0 Å². The third kappa shape index (κ3) is 1.43. The average Bonchev–Trinajstić information content (AvgIpc) is 2.80. The topological polar surface area (TPSA) is 43.8 Å². The maximum atomic E-state index is 6.16. The Bertz CT molecular complexity index is 509. The highest BCUT2D eigenvalue weighted by Gasteiger charge is 2.38. The molecule has 0 atom stereocenters. The number of fused-ring (bicyclic) bond motifs is 1. The van der Waals surface area contributed by atoms with Gasteiger partial charge in [0.2, 0.25) is 0 Å². The van der Waals surface area contributed by atoms with Crippen LogP contribution in [-0.2, 0) is 13.5 Å². The van der Waals surface area contributed by atoms with Crippen molar-refractivity contribution in [3.8, 4) is 0 Å². The van der Waals surface area contributed by atoms with Gasteiger partial charge in [-0.2, -0.15) is 0 Å². The van der Waals surface area contributed by atoms with Gasteiger partial charge in [-0.05, 0) is 30.9 Å². The van der Waals surface area contributed by atoms with E-state index in [2.05, 4.69) is 27.8 Å².